The number of esters is 1. The topological polar surface area (TPSA) is 92.7 Å². The minimum absolute atomic E-state index is 0.0454. The SMILES string of the molecule is COC(=O)C(C)NC(=O)[C@H]1C2C=CC(C2)[C@H]1C(=O)O. The number of carboxylic acids is 1. The molecule has 6 nitrogen and oxygen atoms in total. The molecular formula is C13H17NO5. The van der Waals surface area contributed by atoms with Crippen molar-refractivity contribution in [3.63, 3.8) is 0 Å². The van der Waals surface area contributed by atoms with Crippen molar-refractivity contribution in [2.24, 2.45) is 23.7 Å². The minimum atomic E-state index is -0.956. The van der Waals surface area contributed by atoms with E-state index < -0.39 is 29.8 Å². The Hall–Kier alpha value is -1.85. The van der Waals surface area contributed by atoms with E-state index in [2.05, 4.69) is 10.1 Å². The fourth-order valence-electron chi connectivity index (χ4n) is 3.06. The van der Waals surface area contributed by atoms with E-state index in [-0.39, 0.29) is 17.7 Å². The van der Waals surface area contributed by atoms with Gasteiger partial charge in [-0.2, -0.15) is 0 Å². The average molecular weight is 267 g/mol. The normalized spacial score (nSPS) is 32.9. The molecule has 2 aliphatic rings. The van der Waals surface area contributed by atoms with Crippen LogP contribution in [0.3, 0.4) is 0 Å². The first-order valence-corrected chi connectivity index (χ1v) is 6.25. The third-order valence-electron chi connectivity index (χ3n) is 3.96. The Kier molecular flexibility index (Phi) is 3.59. The van der Waals surface area contributed by atoms with Gasteiger partial charge < -0.3 is 15.2 Å². The zero-order chi connectivity index (χ0) is 14.2. The number of nitrogens with one attached hydrogen (secondary N) is 1. The Bertz CT molecular complexity index is 444. The van der Waals surface area contributed by atoms with Crippen molar-refractivity contribution in [2.75, 3.05) is 7.11 Å². The first-order chi connectivity index (χ1) is 8.95. The molecular weight excluding hydrogens is 250 g/mol. The van der Waals surface area contributed by atoms with Crippen molar-refractivity contribution in [1.82, 2.24) is 5.32 Å². The molecule has 104 valence electrons. The smallest absolute Gasteiger partial charge is 0.328 e. The number of allylic oxidation sites excluding steroid dienone is 2. The van der Waals surface area contributed by atoms with Crippen LogP contribution in [0.4, 0.5) is 0 Å². The fourth-order valence-corrected chi connectivity index (χ4v) is 3.06. The van der Waals surface area contributed by atoms with Crippen LogP contribution in [0.2, 0.25) is 0 Å². The van der Waals surface area contributed by atoms with Crippen LogP contribution < -0.4 is 5.32 Å². The summed E-state index contributed by atoms with van der Waals surface area (Å²) in [7, 11) is 1.24. The van der Waals surface area contributed by atoms with Gasteiger partial charge >= 0.3 is 11.9 Å². The third kappa shape index (κ3) is 2.34. The highest BCUT2D eigenvalue weighted by Gasteiger charge is 2.51. The lowest BCUT2D eigenvalue weighted by Gasteiger charge is -2.25. The van der Waals surface area contributed by atoms with Crippen molar-refractivity contribution >= 4 is 17.8 Å². The van der Waals surface area contributed by atoms with Crippen LogP contribution in [-0.2, 0) is 19.1 Å². The second kappa shape index (κ2) is 5.03. The summed E-state index contributed by atoms with van der Waals surface area (Å²) in [6.45, 7) is 1.52. The highest BCUT2D eigenvalue weighted by Crippen LogP contribution is 2.48. The number of hydrogen-bond acceptors (Lipinski definition) is 4. The van der Waals surface area contributed by atoms with Gasteiger partial charge in [0, 0.05) is 0 Å². The predicted octanol–water partition coefficient (Wildman–Crippen LogP) is 0.187. The molecule has 2 rings (SSSR count). The monoisotopic (exact) mass is 267 g/mol. The number of aliphatic carboxylic acids is 1. The lowest BCUT2D eigenvalue weighted by Crippen LogP contribution is -2.46. The molecule has 2 aliphatic carbocycles. The number of ether oxygens (including phenoxy) is 1. The van der Waals surface area contributed by atoms with Gasteiger partial charge in [0.15, 0.2) is 0 Å². The molecule has 1 saturated carbocycles. The largest absolute Gasteiger partial charge is 0.481 e. The van der Waals surface area contributed by atoms with Crippen molar-refractivity contribution in [2.45, 2.75) is 19.4 Å². The number of carbonyl (C=O) groups is 3. The minimum Gasteiger partial charge on any atom is -0.481 e. The fraction of sp³-hybridized carbons (Fsp3) is 0.615. The summed E-state index contributed by atoms with van der Waals surface area (Å²) < 4.78 is 4.53. The van der Waals surface area contributed by atoms with E-state index in [1.54, 1.807) is 0 Å². The van der Waals surface area contributed by atoms with Crippen LogP contribution in [0.5, 0.6) is 0 Å². The number of carboxylic acid groups (broad SMARTS) is 1. The van der Waals surface area contributed by atoms with E-state index in [9.17, 15) is 19.5 Å². The Balaban J connectivity index is 2.08. The molecule has 0 radical (unpaired) electrons. The zero-order valence-corrected chi connectivity index (χ0v) is 10.8. The van der Waals surface area contributed by atoms with E-state index >= 15 is 0 Å². The van der Waals surface area contributed by atoms with Crippen molar-refractivity contribution in [1.29, 1.82) is 0 Å². The average Bonchev–Trinajstić information content (AvgIpc) is 2.97. The number of fused-ring (bicyclic) bond motifs is 2. The zero-order valence-electron chi connectivity index (χ0n) is 10.8. The number of rotatable bonds is 4. The Morgan fingerprint density at radius 1 is 1.26 bits per heavy atom. The number of hydrogen-bond donors (Lipinski definition) is 2. The summed E-state index contributed by atoms with van der Waals surface area (Å²) in [6, 6.07) is -0.768. The van der Waals surface area contributed by atoms with E-state index in [0.717, 1.165) is 0 Å². The highest BCUT2D eigenvalue weighted by molar-refractivity contribution is 5.89. The lowest BCUT2D eigenvalue weighted by molar-refractivity contribution is -0.149. The summed E-state index contributed by atoms with van der Waals surface area (Å²) in [6.07, 6.45) is 4.47. The number of carbonyl (C=O) groups excluding carboxylic acids is 2. The molecule has 1 amide bonds. The van der Waals surface area contributed by atoms with Crippen LogP contribution in [0.15, 0.2) is 12.2 Å². The molecule has 6 heteroatoms. The summed E-state index contributed by atoms with van der Waals surface area (Å²) in [4.78, 5) is 34.7. The molecule has 5 atom stereocenters. The molecule has 2 N–H and O–H groups in total. The van der Waals surface area contributed by atoms with Gasteiger partial charge in [0.2, 0.25) is 5.91 Å². The predicted molar refractivity (Wildman–Crippen MR) is 65.0 cm³/mol. The molecule has 0 saturated heterocycles. The van der Waals surface area contributed by atoms with Crippen LogP contribution in [0.25, 0.3) is 0 Å². The third-order valence-corrected chi connectivity index (χ3v) is 3.96. The second-order valence-electron chi connectivity index (χ2n) is 5.09. The Labute approximate surface area is 110 Å². The van der Waals surface area contributed by atoms with Gasteiger partial charge in [0.05, 0.1) is 18.9 Å². The van der Waals surface area contributed by atoms with Crippen LogP contribution >= 0.6 is 0 Å². The summed E-state index contributed by atoms with van der Waals surface area (Å²) >= 11 is 0. The van der Waals surface area contributed by atoms with Gasteiger partial charge in [-0.1, -0.05) is 12.2 Å². The molecule has 2 bridgehead atoms. The van der Waals surface area contributed by atoms with Gasteiger partial charge in [-0.25, -0.2) is 4.79 Å². The van der Waals surface area contributed by atoms with Crippen LogP contribution in [0, 0.1) is 23.7 Å². The Morgan fingerprint density at radius 2 is 1.84 bits per heavy atom. The maximum absolute atomic E-state index is 12.2. The van der Waals surface area contributed by atoms with Gasteiger partial charge in [0.25, 0.3) is 0 Å². The first-order valence-electron chi connectivity index (χ1n) is 6.25. The van der Waals surface area contributed by atoms with Gasteiger partial charge in [-0.15, -0.1) is 0 Å². The highest BCUT2D eigenvalue weighted by atomic mass is 16.5. The van der Waals surface area contributed by atoms with Gasteiger partial charge in [-0.3, -0.25) is 9.59 Å². The molecule has 0 spiro atoms. The van der Waals surface area contributed by atoms with E-state index in [4.69, 9.17) is 0 Å². The number of amides is 1. The number of methoxy groups -OCH3 is 1. The van der Waals surface area contributed by atoms with E-state index in [0.29, 0.717) is 6.42 Å². The second-order valence-corrected chi connectivity index (χ2v) is 5.09. The molecule has 0 heterocycles. The van der Waals surface area contributed by atoms with Crippen LogP contribution in [-0.4, -0.2) is 36.1 Å². The first kappa shape index (κ1) is 13.6. The van der Waals surface area contributed by atoms with Crippen LogP contribution in [0.1, 0.15) is 13.3 Å². The standard InChI is InChI=1S/C13H17NO5/c1-6(13(18)19-2)14-11(15)9-7-3-4-8(5-7)10(9)12(16)17/h3-4,6-10H,5H2,1-2H3,(H,14,15)(H,16,17)/t6?,7?,8?,9-,10+/m0/s1. The molecule has 0 aromatic heterocycles. The molecule has 19 heavy (non-hydrogen) atoms. The maximum Gasteiger partial charge on any atom is 0.328 e. The Morgan fingerprint density at radius 3 is 2.37 bits per heavy atom. The van der Waals surface area contributed by atoms with Crippen molar-refractivity contribution in [3.8, 4) is 0 Å². The van der Waals surface area contributed by atoms with Gasteiger partial charge in [-0.05, 0) is 25.2 Å². The van der Waals surface area contributed by atoms with Crippen molar-refractivity contribution in [3.05, 3.63) is 12.2 Å². The summed E-state index contributed by atoms with van der Waals surface area (Å²) in [5.41, 5.74) is 0. The van der Waals surface area contributed by atoms with E-state index in [1.807, 2.05) is 12.2 Å². The molecule has 1 fully saturated rings. The maximum atomic E-state index is 12.2. The summed E-state index contributed by atoms with van der Waals surface area (Å²) in [5.74, 6) is -3.30. The summed E-state index contributed by atoms with van der Waals surface area (Å²) in [5, 5.41) is 11.8. The van der Waals surface area contributed by atoms with Crippen molar-refractivity contribution < 1.29 is 24.2 Å². The lowest BCUT2D eigenvalue weighted by atomic mass is 9.82. The molecule has 3 unspecified atom stereocenters. The molecule has 0 aromatic carbocycles. The molecule has 0 aromatic rings. The quantitative estimate of drug-likeness (QED) is 0.560. The molecule has 0 aliphatic heterocycles. The van der Waals surface area contributed by atoms with Gasteiger partial charge in [0.1, 0.15) is 6.04 Å². The van der Waals surface area contributed by atoms with E-state index in [1.165, 1.54) is 14.0 Å².